The van der Waals surface area contributed by atoms with Crippen LogP contribution < -0.4 is 4.74 Å². The first-order valence-electron chi connectivity index (χ1n) is 5.08. The lowest BCUT2D eigenvalue weighted by molar-refractivity contribution is 0.199. The zero-order valence-corrected chi connectivity index (χ0v) is 8.94. The quantitative estimate of drug-likeness (QED) is 0.590. The standard InChI is InChI=1S/C13H16O2/c1-3-4-5-10-15-13-8-6-12(7-9-13)11(2)14/h1,6-9,11,14H,4-5,10H2,2H3/t11-/m1/s1. The van der Waals surface area contributed by atoms with E-state index in [-0.39, 0.29) is 0 Å². The van der Waals surface area contributed by atoms with Crippen molar-refractivity contribution in [1.82, 2.24) is 0 Å². The number of terminal acetylenes is 1. The molecule has 0 bridgehead atoms. The van der Waals surface area contributed by atoms with E-state index in [1.807, 2.05) is 24.3 Å². The lowest BCUT2D eigenvalue weighted by Gasteiger charge is -2.07. The highest BCUT2D eigenvalue weighted by atomic mass is 16.5. The minimum absolute atomic E-state index is 0.430. The van der Waals surface area contributed by atoms with Crippen LogP contribution in [0.2, 0.25) is 0 Å². The van der Waals surface area contributed by atoms with Gasteiger partial charge in [0.15, 0.2) is 0 Å². The van der Waals surface area contributed by atoms with Crippen molar-refractivity contribution in [2.24, 2.45) is 0 Å². The van der Waals surface area contributed by atoms with Crippen molar-refractivity contribution in [3.05, 3.63) is 29.8 Å². The molecule has 0 aromatic heterocycles. The fourth-order valence-corrected chi connectivity index (χ4v) is 1.21. The smallest absolute Gasteiger partial charge is 0.119 e. The van der Waals surface area contributed by atoms with Crippen LogP contribution in [0.1, 0.15) is 31.4 Å². The zero-order valence-electron chi connectivity index (χ0n) is 8.94. The molecule has 0 saturated carbocycles. The van der Waals surface area contributed by atoms with Crippen molar-refractivity contribution < 1.29 is 9.84 Å². The molecule has 0 fully saturated rings. The largest absolute Gasteiger partial charge is 0.494 e. The van der Waals surface area contributed by atoms with E-state index in [0.29, 0.717) is 6.61 Å². The number of ether oxygens (including phenoxy) is 1. The van der Waals surface area contributed by atoms with Gasteiger partial charge in [0.25, 0.3) is 0 Å². The van der Waals surface area contributed by atoms with Gasteiger partial charge in [-0.15, -0.1) is 12.3 Å². The molecule has 0 heterocycles. The molecule has 0 amide bonds. The summed E-state index contributed by atoms with van der Waals surface area (Å²) in [6.45, 7) is 2.38. The second-order valence-electron chi connectivity index (χ2n) is 3.40. The summed E-state index contributed by atoms with van der Waals surface area (Å²) < 4.78 is 5.47. The maximum atomic E-state index is 9.30. The van der Waals surface area contributed by atoms with Crippen molar-refractivity contribution in [2.45, 2.75) is 25.9 Å². The van der Waals surface area contributed by atoms with Crippen LogP contribution in [-0.2, 0) is 0 Å². The monoisotopic (exact) mass is 204 g/mol. The summed E-state index contributed by atoms with van der Waals surface area (Å²) in [5.74, 6) is 3.38. The number of benzene rings is 1. The molecule has 1 atom stereocenters. The topological polar surface area (TPSA) is 29.5 Å². The van der Waals surface area contributed by atoms with Gasteiger partial charge in [-0.05, 0) is 31.0 Å². The molecular weight excluding hydrogens is 188 g/mol. The molecule has 0 aliphatic heterocycles. The van der Waals surface area contributed by atoms with Crippen molar-refractivity contribution in [3.8, 4) is 18.1 Å². The van der Waals surface area contributed by atoms with Crippen LogP contribution in [0.3, 0.4) is 0 Å². The third kappa shape index (κ3) is 4.05. The van der Waals surface area contributed by atoms with Gasteiger partial charge in [-0.3, -0.25) is 0 Å². The fraction of sp³-hybridized carbons (Fsp3) is 0.385. The SMILES string of the molecule is C#CCCCOc1ccc([C@@H](C)O)cc1. The first-order valence-corrected chi connectivity index (χ1v) is 5.08. The molecule has 0 radical (unpaired) electrons. The van der Waals surface area contributed by atoms with E-state index in [4.69, 9.17) is 11.2 Å². The summed E-state index contributed by atoms with van der Waals surface area (Å²) in [4.78, 5) is 0. The molecule has 15 heavy (non-hydrogen) atoms. The van der Waals surface area contributed by atoms with E-state index in [2.05, 4.69) is 5.92 Å². The van der Waals surface area contributed by atoms with Crippen molar-refractivity contribution in [1.29, 1.82) is 0 Å². The van der Waals surface area contributed by atoms with Crippen molar-refractivity contribution >= 4 is 0 Å². The molecule has 0 aliphatic carbocycles. The molecule has 80 valence electrons. The number of hydrogen-bond acceptors (Lipinski definition) is 2. The molecule has 2 nitrogen and oxygen atoms in total. The Kier molecular flexibility index (Phi) is 4.73. The Morgan fingerprint density at radius 2 is 2.07 bits per heavy atom. The van der Waals surface area contributed by atoms with Gasteiger partial charge in [0, 0.05) is 6.42 Å². The van der Waals surface area contributed by atoms with E-state index >= 15 is 0 Å². The summed E-state index contributed by atoms with van der Waals surface area (Å²) in [6.07, 6.45) is 6.31. The Morgan fingerprint density at radius 3 is 2.60 bits per heavy atom. The molecule has 1 rings (SSSR count). The summed E-state index contributed by atoms with van der Waals surface area (Å²) in [5, 5.41) is 9.30. The summed E-state index contributed by atoms with van der Waals surface area (Å²) in [7, 11) is 0. The van der Waals surface area contributed by atoms with E-state index in [1.54, 1.807) is 6.92 Å². The fourth-order valence-electron chi connectivity index (χ4n) is 1.21. The second kappa shape index (κ2) is 6.10. The average Bonchev–Trinajstić information content (AvgIpc) is 2.25. The minimum atomic E-state index is -0.430. The molecule has 0 spiro atoms. The van der Waals surface area contributed by atoms with Gasteiger partial charge < -0.3 is 9.84 Å². The van der Waals surface area contributed by atoms with Crippen LogP contribution in [0.25, 0.3) is 0 Å². The molecular formula is C13H16O2. The number of aliphatic hydroxyl groups excluding tert-OH is 1. The van der Waals surface area contributed by atoms with Crippen LogP contribution in [0, 0.1) is 12.3 Å². The summed E-state index contributed by atoms with van der Waals surface area (Å²) in [5.41, 5.74) is 0.894. The van der Waals surface area contributed by atoms with E-state index in [0.717, 1.165) is 24.2 Å². The van der Waals surface area contributed by atoms with Crippen LogP contribution in [-0.4, -0.2) is 11.7 Å². The highest BCUT2D eigenvalue weighted by molar-refractivity contribution is 5.28. The van der Waals surface area contributed by atoms with Crippen LogP contribution in [0.4, 0.5) is 0 Å². The molecule has 0 unspecified atom stereocenters. The Labute approximate surface area is 90.9 Å². The van der Waals surface area contributed by atoms with Crippen molar-refractivity contribution in [3.63, 3.8) is 0 Å². The molecule has 1 aromatic carbocycles. The highest BCUT2D eigenvalue weighted by Gasteiger charge is 2.00. The van der Waals surface area contributed by atoms with Gasteiger partial charge in [-0.2, -0.15) is 0 Å². The van der Waals surface area contributed by atoms with Gasteiger partial charge in [-0.1, -0.05) is 12.1 Å². The van der Waals surface area contributed by atoms with Crippen LogP contribution in [0.5, 0.6) is 5.75 Å². The molecule has 2 heteroatoms. The molecule has 0 aliphatic rings. The van der Waals surface area contributed by atoms with Gasteiger partial charge in [0.05, 0.1) is 12.7 Å². The van der Waals surface area contributed by atoms with Gasteiger partial charge in [0.1, 0.15) is 5.75 Å². The number of rotatable bonds is 5. The third-order valence-corrected chi connectivity index (χ3v) is 2.10. The lowest BCUT2D eigenvalue weighted by atomic mass is 10.1. The van der Waals surface area contributed by atoms with Crippen LogP contribution >= 0.6 is 0 Å². The Bertz CT molecular complexity index is 319. The summed E-state index contributed by atoms with van der Waals surface area (Å²) >= 11 is 0. The van der Waals surface area contributed by atoms with E-state index < -0.39 is 6.10 Å². The second-order valence-corrected chi connectivity index (χ2v) is 3.40. The maximum Gasteiger partial charge on any atom is 0.119 e. The van der Waals surface area contributed by atoms with E-state index in [1.165, 1.54) is 0 Å². The third-order valence-electron chi connectivity index (χ3n) is 2.10. The number of hydrogen-bond donors (Lipinski definition) is 1. The zero-order chi connectivity index (χ0) is 11.1. The molecule has 1 aromatic rings. The van der Waals surface area contributed by atoms with Gasteiger partial charge >= 0.3 is 0 Å². The average molecular weight is 204 g/mol. The first-order chi connectivity index (χ1) is 7.24. The Balaban J connectivity index is 2.40. The Hall–Kier alpha value is -1.46. The number of unbranched alkanes of at least 4 members (excludes halogenated alkanes) is 1. The van der Waals surface area contributed by atoms with Gasteiger partial charge in [-0.25, -0.2) is 0 Å². The normalized spacial score (nSPS) is 11.8. The lowest BCUT2D eigenvalue weighted by Crippen LogP contribution is -1.97. The molecule has 1 N–H and O–H groups in total. The molecule has 0 saturated heterocycles. The summed E-state index contributed by atoms with van der Waals surface area (Å²) in [6, 6.07) is 7.44. The van der Waals surface area contributed by atoms with Crippen molar-refractivity contribution in [2.75, 3.05) is 6.61 Å². The van der Waals surface area contributed by atoms with E-state index in [9.17, 15) is 5.11 Å². The Morgan fingerprint density at radius 1 is 1.40 bits per heavy atom. The maximum absolute atomic E-state index is 9.30. The predicted molar refractivity (Wildman–Crippen MR) is 60.6 cm³/mol. The number of aliphatic hydroxyl groups is 1. The minimum Gasteiger partial charge on any atom is -0.494 e. The first kappa shape index (κ1) is 11.6. The van der Waals surface area contributed by atoms with Crippen LogP contribution in [0.15, 0.2) is 24.3 Å². The predicted octanol–water partition coefficient (Wildman–Crippen LogP) is 2.53. The van der Waals surface area contributed by atoms with Gasteiger partial charge in [0.2, 0.25) is 0 Å². The highest BCUT2D eigenvalue weighted by Crippen LogP contribution is 2.17.